The highest BCUT2D eigenvalue weighted by molar-refractivity contribution is 6.28. The molecule has 2 heterocycles. The smallest absolute Gasteiger partial charge is 0.414 e. The maximum atomic E-state index is 14.3. The van der Waals surface area contributed by atoms with Gasteiger partial charge < -0.3 is 15.8 Å². The fourth-order valence-electron chi connectivity index (χ4n) is 2.26. The number of cyclic esters (lactones) is 1. The van der Waals surface area contributed by atoms with Crippen LogP contribution >= 0.6 is 11.6 Å². The number of rotatable bonds is 4. The normalized spacial score (nSPS) is 17.0. The summed E-state index contributed by atoms with van der Waals surface area (Å²) in [4.78, 5) is 24.4. The molecule has 0 radical (unpaired) electrons. The number of amides is 1. The Hall–Kier alpha value is -2.68. The molecule has 2 aromatic rings. The van der Waals surface area contributed by atoms with E-state index in [1.807, 2.05) is 6.92 Å². The van der Waals surface area contributed by atoms with Gasteiger partial charge in [-0.05, 0) is 36.2 Å². The van der Waals surface area contributed by atoms with Gasteiger partial charge in [-0.1, -0.05) is 6.92 Å². The van der Waals surface area contributed by atoms with E-state index in [2.05, 4.69) is 20.3 Å². The van der Waals surface area contributed by atoms with Gasteiger partial charge in [0.25, 0.3) is 0 Å². The topological polar surface area (TPSA) is 106 Å². The number of nitrogens with zero attached hydrogens (tertiary/aromatic N) is 4. The van der Waals surface area contributed by atoms with Crippen LogP contribution in [0.4, 0.5) is 32.5 Å². The van der Waals surface area contributed by atoms with Crippen molar-refractivity contribution in [2.75, 3.05) is 22.5 Å². The lowest BCUT2D eigenvalue weighted by Gasteiger charge is -2.14. The molecule has 0 unspecified atom stereocenters. The standard InChI is InChI=1S/C14H14ClFN6O2/c1-2-8-6-22(14(23)24-8)7-3-4-10(9(16)5-7)18-13-20-11(15)19-12(17)21-13/h3-5,8H,2,6H2,1H3,(H3,17,18,19,20,21)/t8-/m0/s1. The first-order chi connectivity index (χ1) is 11.5. The van der Waals surface area contributed by atoms with Gasteiger partial charge in [-0.25, -0.2) is 9.18 Å². The van der Waals surface area contributed by atoms with E-state index in [0.29, 0.717) is 18.7 Å². The highest BCUT2D eigenvalue weighted by Gasteiger charge is 2.31. The molecule has 1 saturated heterocycles. The molecule has 126 valence electrons. The van der Waals surface area contributed by atoms with Gasteiger partial charge in [-0.2, -0.15) is 15.0 Å². The Kier molecular flexibility index (Phi) is 4.34. The number of ether oxygens (including phenoxy) is 1. The summed E-state index contributed by atoms with van der Waals surface area (Å²) < 4.78 is 19.5. The van der Waals surface area contributed by atoms with Gasteiger partial charge in [0.05, 0.1) is 17.9 Å². The van der Waals surface area contributed by atoms with Crippen molar-refractivity contribution in [3.05, 3.63) is 29.3 Å². The second kappa shape index (κ2) is 6.44. The summed E-state index contributed by atoms with van der Waals surface area (Å²) in [6.07, 6.45) is 0.0269. The van der Waals surface area contributed by atoms with Crippen LogP contribution in [0, 0.1) is 5.82 Å². The average molecular weight is 353 g/mol. The molecule has 1 amide bonds. The van der Waals surface area contributed by atoms with Crippen molar-refractivity contribution in [1.82, 2.24) is 15.0 Å². The lowest BCUT2D eigenvalue weighted by atomic mass is 10.2. The van der Waals surface area contributed by atoms with E-state index in [1.165, 1.54) is 17.0 Å². The Bertz CT molecular complexity index is 770. The van der Waals surface area contributed by atoms with E-state index in [4.69, 9.17) is 22.1 Å². The van der Waals surface area contributed by atoms with E-state index in [0.717, 1.165) is 0 Å². The summed E-state index contributed by atoms with van der Waals surface area (Å²) in [5, 5.41) is 2.56. The number of benzene rings is 1. The highest BCUT2D eigenvalue weighted by Crippen LogP contribution is 2.27. The number of hydrogen-bond donors (Lipinski definition) is 2. The number of hydrogen-bond acceptors (Lipinski definition) is 7. The van der Waals surface area contributed by atoms with Crippen molar-refractivity contribution in [3.8, 4) is 0 Å². The van der Waals surface area contributed by atoms with Crippen molar-refractivity contribution < 1.29 is 13.9 Å². The van der Waals surface area contributed by atoms with Gasteiger partial charge in [0.15, 0.2) is 0 Å². The first kappa shape index (κ1) is 16.2. The van der Waals surface area contributed by atoms with Crippen LogP contribution in [-0.2, 0) is 4.74 Å². The van der Waals surface area contributed by atoms with Crippen molar-refractivity contribution in [2.24, 2.45) is 0 Å². The lowest BCUT2D eigenvalue weighted by Crippen LogP contribution is -2.24. The fraction of sp³-hybridized carbons (Fsp3) is 0.286. The third-order valence-corrected chi connectivity index (χ3v) is 3.63. The summed E-state index contributed by atoms with van der Waals surface area (Å²) >= 11 is 5.68. The number of nitrogen functional groups attached to an aromatic ring is 1. The van der Waals surface area contributed by atoms with Gasteiger partial charge in [-0.3, -0.25) is 4.90 Å². The molecule has 1 fully saturated rings. The van der Waals surface area contributed by atoms with Gasteiger partial charge in [0, 0.05) is 0 Å². The summed E-state index contributed by atoms with van der Waals surface area (Å²) in [6.45, 7) is 2.31. The SMILES string of the molecule is CC[C@H]1CN(c2ccc(Nc3nc(N)nc(Cl)n3)c(F)c2)C(=O)O1. The zero-order valence-corrected chi connectivity index (χ0v) is 13.4. The fourth-order valence-corrected chi connectivity index (χ4v) is 2.43. The summed E-state index contributed by atoms with van der Waals surface area (Å²) in [5.74, 6) is -0.652. The van der Waals surface area contributed by atoms with Gasteiger partial charge >= 0.3 is 6.09 Å². The average Bonchev–Trinajstić information content (AvgIpc) is 2.89. The molecule has 24 heavy (non-hydrogen) atoms. The van der Waals surface area contributed by atoms with Crippen LogP contribution in [0.2, 0.25) is 5.28 Å². The molecular formula is C14H14ClFN6O2. The largest absolute Gasteiger partial charge is 0.444 e. The number of halogens is 2. The zero-order chi connectivity index (χ0) is 17.3. The van der Waals surface area contributed by atoms with Crippen LogP contribution in [0.3, 0.4) is 0 Å². The predicted molar refractivity (Wildman–Crippen MR) is 86.8 cm³/mol. The molecule has 1 aliphatic heterocycles. The second-order valence-electron chi connectivity index (χ2n) is 5.10. The van der Waals surface area contributed by atoms with Gasteiger partial charge in [-0.15, -0.1) is 0 Å². The van der Waals surface area contributed by atoms with Crippen LogP contribution < -0.4 is 16.0 Å². The molecule has 1 aromatic carbocycles. The molecule has 8 nitrogen and oxygen atoms in total. The first-order valence-electron chi connectivity index (χ1n) is 7.18. The lowest BCUT2D eigenvalue weighted by molar-refractivity contribution is 0.139. The number of anilines is 4. The third kappa shape index (κ3) is 3.30. The monoisotopic (exact) mass is 352 g/mol. The molecule has 0 saturated carbocycles. The maximum absolute atomic E-state index is 14.3. The van der Waals surface area contributed by atoms with E-state index >= 15 is 0 Å². The number of nitrogens with one attached hydrogen (secondary N) is 1. The third-order valence-electron chi connectivity index (χ3n) is 3.47. The van der Waals surface area contributed by atoms with E-state index in [9.17, 15) is 9.18 Å². The molecule has 0 aliphatic carbocycles. The Morgan fingerprint density at radius 3 is 2.88 bits per heavy atom. The number of carbonyl (C=O) groups excluding carboxylic acids is 1. The number of aromatic nitrogens is 3. The van der Waals surface area contributed by atoms with Gasteiger partial charge in [0.1, 0.15) is 11.9 Å². The van der Waals surface area contributed by atoms with Crippen molar-refractivity contribution in [3.63, 3.8) is 0 Å². The Labute approximate surface area is 141 Å². The summed E-state index contributed by atoms with van der Waals surface area (Å²) in [7, 11) is 0. The van der Waals surface area contributed by atoms with E-state index in [1.54, 1.807) is 6.07 Å². The molecule has 3 N–H and O–H groups in total. The Morgan fingerprint density at radius 1 is 1.46 bits per heavy atom. The molecule has 1 atom stereocenters. The molecule has 0 spiro atoms. The molecule has 10 heteroatoms. The molecule has 3 rings (SSSR count). The van der Waals surface area contributed by atoms with Crippen molar-refractivity contribution >= 4 is 41.0 Å². The number of nitrogens with two attached hydrogens (primary N) is 1. The summed E-state index contributed by atoms with van der Waals surface area (Å²) in [6, 6.07) is 4.29. The van der Waals surface area contributed by atoms with Crippen molar-refractivity contribution in [1.29, 1.82) is 0 Å². The highest BCUT2D eigenvalue weighted by atomic mass is 35.5. The van der Waals surface area contributed by atoms with Crippen LogP contribution in [0.1, 0.15) is 13.3 Å². The van der Waals surface area contributed by atoms with Crippen LogP contribution in [0.15, 0.2) is 18.2 Å². The Balaban J connectivity index is 1.81. The van der Waals surface area contributed by atoms with Crippen LogP contribution in [0.5, 0.6) is 0 Å². The molecule has 1 aromatic heterocycles. The summed E-state index contributed by atoms with van der Waals surface area (Å²) in [5.41, 5.74) is 5.98. The first-order valence-corrected chi connectivity index (χ1v) is 7.56. The molecule has 1 aliphatic rings. The number of carbonyl (C=O) groups is 1. The predicted octanol–water partition coefficient (Wildman–Crippen LogP) is 2.73. The van der Waals surface area contributed by atoms with E-state index < -0.39 is 11.9 Å². The second-order valence-corrected chi connectivity index (χ2v) is 5.44. The minimum atomic E-state index is -0.588. The minimum absolute atomic E-state index is 0.0192. The van der Waals surface area contributed by atoms with Crippen LogP contribution in [-0.4, -0.2) is 33.7 Å². The van der Waals surface area contributed by atoms with E-state index in [-0.39, 0.29) is 29.0 Å². The zero-order valence-electron chi connectivity index (χ0n) is 12.7. The van der Waals surface area contributed by atoms with Crippen molar-refractivity contribution in [2.45, 2.75) is 19.4 Å². The van der Waals surface area contributed by atoms with Crippen LogP contribution in [0.25, 0.3) is 0 Å². The Morgan fingerprint density at radius 2 is 2.25 bits per heavy atom. The maximum Gasteiger partial charge on any atom is 0.414 e. The van der Waals surface area contributed by atoms with Gasteiger partial charge in [0.2, 0.25) is 17.2 Å². The molecule has 0 bridgehead atoms. The molecular weight excluding hydrogens is 339 g/mol. The minimum Gasteiger partial charge on any atom is -0.444 e. The quantitative estimate of drug-likeness (QED) is 0.871.